The number of benzene rings is 1. The van der Waals surface area contributed by atoms with Crippen LogP contribution in [0.25, 0.3) is 0 Å². The van der Waals surface area contributed by atoms with Gasteiger partial charge in [-0.3, -0.25) is 0 Å². The van der Waals surface area contributed by atoms with Gasteiger partial charge in [-0.1, -0.05) is 30.3 Å². The maximum Gasteiger partial charge on any atom is 0.0718 e. The third-order valence-electron chi connectivity index (χ3n) is 2.55. The minimum atomic E-state index is 0.235. The highest BCUT2D eigenvalue weighted by molar-refractivity contribution is 5.13. The molecule has 0 aliphatic rings. The van der Waals surface area contributed by atoms with Gasteiger partial charge in [0.2, 0.25) is 0 Å². The molecule has 0 radical (unpaired) electrons. The van der Waals surface area contributed by atoms with Crippen molar-refractivity contribution in [1.82, 2.24) is 0 Å². The van der Waals surface area contributed by atoms with E-state index in [1.165, 1.54) is 5.56 Å². The predicted octanol–water partition coefficient (Wildman–Crippen LogP) is 2.01. The van der Waals surface area contributed by atoms with Crippen LogP contribution in [0.15, 0.2) is 30.3 Å². The highest BCUT2D eigenvalue weighted by Crippen LogP contribution is 1.99. The molecule has 0 saturated heterocycles. The van der Waals surface area contributed by atoms with E-state index in [-0.39, 0.29) is 6.61 Å². The Hall–Kier alpha value is -0.940. The van der Waals surface area contributed by atoms with Crippen LogP contribution in [0, 0.1) is 0 Å². The van der Waals surface area contributed by atoms with Gasteiger partial charge in [0.15, 0.2) is 0 Å². The molecule has 1 aromatic carbocycles. The molecule has 0 fully saturated rings. The first-order valence-electron chi connectivity index (χ1n) is 6.81. The second-order valence-electron chi connectivity index (χ2n) is 4.19. The molecule has 19 heavy (non-hydrogen) atoms. The van der Waals surface area contributed by atoms with Crippen molar-refractivity contribution in [3.8, 4) is 0 Å². The zero-order chi connectivity index (χ0) is 13.6. The number of unbranched alkanes of at least 4 members (excludes halogenated alkanes) is 1. The molecular formula is C15H24O4. The molecule has 0 amide bonds. The molecule has 0 unspecified atom stereocenters. The van der Waals surface area contributed by atoms with E-state index in [4.69, 9.17) is 19.3 Å². The van der Waals surface area contributed by atoms with E-state index in [1.54, 1.807) is 0 Å². The molecule has 0 spiro atoms. The van der Waals surface area contributed by atoms with Gasteiger partial charge < -0.3 is 19.3 Å². The van der Waals surface area contributed by atoms with Crippen molar-refractivity contribution in [1.29, 1.82) is 0 Å². The van der Waals surface area contributed by atoms with E-state index >= 15 is 0 Å². The Bertz CT molecular complexity index is 289. The first kappa shape index (κ1) is 16.1. The summed E-state index contributed by atoms with van der Waals surface area (Å²) in [5.41, 5.74) is 1.18. The predicted molar refractivity (Wildman–Crippen MR) is 74.1 cm³/mol. The zero-order valence-electron chi connectivity index (χ0n) is 11.4. The van der Waals surface area contributed by atoms with Gasteiger partial charge in [0, 0.05) is 13.2 Å². The third kappa shape index (κ3) is 9.62. The van der Waals surface area contributed by atoms with Crippen LogP contribution in [0.1, 0.15) is 18.4 Å². The number of rotatable bonds is 12. The van der Waals surface area contributed by atoms with E-state index < -0.39 is 0 Å². The van der Waals surface area contributed by atoms with Crippen LogP contribution in [0.5, 0.6) is 0 Å². The van der Waals surface area contributed by atoms with Gasteiger partial charge in [0.1, 0.15) is 0 Å². The van der Waals surface area contributed by atoms with Crippen molar-refractivity contribution in [2.24, 2.45) is 0 Å². The smallest absolute Gasteiger partial charge is 0.0718 e. The fourth-order valence-electron chi connectivity index (χ4n) is 1.52. The molecule has 0 bridgehead atoms. The van der Waals surface area contributed by atoms with Crippen molar-refractivity contribution >= 4 is 0 Å². The Morgan fingerprint density at radius 2 is 1.37 bits per heavy atom. The second kappa shape index (κ2) is 12.1. The molecule has 0 aliphatic carbocycles. The maximum absolute atomic E-state index is 8.58. The minimum Gasteiger partial charge on any atom is -0.396 e. The topological polar surface area (TPSA) is 47.9 Å². The Kier molecular flexibility index (Phi) is 10.3. The van der Waals surface area contributed by atoms with Crippen LogP contribution in [-0.4, -0.2) is 44.7 Å². The number of aliphatic hydroxyl groups is 1. The Labute approximate surface area is 115 Å². The number of ether oxygens (including phenoxy) is 3. The summed E-state index contributed by atoms with van der Waals surface area (Å²) in [6.07, 6.45) is 1.70. The summed E-state index contributed by atoms with van der Waals surface area (Å²) >= 11 is 0. The Balaban J connectivity index is 1.79. The van der Waals surface area contributed by atoms with E-state index in [2.05, 4.69) is 0 Å². The Morgan fingerprint density at radius 3 is 2.05 bits per heavy atom. The first-order chi connectivity index (χ1) is 9.43. The average Bonchev–Trinajstić information content (AvgIpc) is 2.46. The molecule has 108 valence electrons. The lowest BCUT2D eigenvalue weighted by molar-refractivity contribution is 0.00968. The molecule has 0 atom stereocenters. The van der Waals surface area contributed by atoms with Gasteiger partial charge in [-0.2, -0.15) is 0 Å². The molecule has 0 saturated carbocycles. The van der Waals surface area contributed by atoms with Gasteiger partial charge >= 0.3 is 0 Å². The highest BCUT2D eigenvalue weighted by atomic mass is 16.5. The third-order valence-corrected chi connectivity index (χ3v) is 2.55. The minimum absolute atomic E-state index is 0.235. The summed E-state index contributed by atoms with van der Waals surface area (Å²) in [5, 5.41) is 8.58. The van der Waals surface area contributed by atoms with Crippen molar-refractivity contribution in [3.05, 3.63) is 35.9 Å². The molecule has 4 heteroatoms. The first-order valence-corrected chi connectivity index (χ1v) is 6.81. The SMILES string of the molecule is OCCCCOCCOCCOCc1ccccc1. The second-order valence-corrected chi connectivity index (χ2v) is 4.19. The number of hydrogen-bond donors (Lipinski definition) is 1. The van der Waals surface area contributed by atoms with Crippen molar-refractivity contribution in [2.75, 3.05) is 39.6 Å². The largest absolute Gasteiger partial charge is 0.396 e. The molecule has 4 nitrogen and oxygen atoms in total. The molecular weight excluding hydrogens is 244 g/mol. The van der Waals surface area contributed by atoms with Crippen LogP contribution < -0.4 is 0 Å². The van der Waals surface area contributed by atoms with E-state index in [0.29, 0.717) is 39.6 Å². The van der Waals surface area contributed by atoms with Gasteiger partial charge in [-0.15, -0.1) is 0 Å². The fourth-order valence-corrected chi connectivity index (χ4v) is 1.52. The van der Waals surface area contributed by atoms with Crippen LogP contribution >= 0.6 is 0 Å². The lowest BCUT2D eigenvalue weighted by Gasteiger charge is -2.06. The van der Waals surface area contributed by atoms with E-state index in [0.717, 1.165) is 12.8 Å². The maximum atomic E-state index is 8.58. The van der Waals surface area contributed by atoms with Gasteiger partial charge in [0.05, 0.1) is 33.0 Å². The van der Waals surface area contributed by atoms with E-state index in [9.17, 15) is 0 Å². The summed E-state index contributed by atoms with van der Waals surface area (Å²) in [6.45, 7) is 3.93. The average molecular weight is 268 g/mol. The molecule has 0 aliphatic heterocycles. The molecule has 1 rings (SSSR count). The molecule has 0 aromatic heterocycles. The standard InChI is InChI=1S/C15H24O4/c16-8-4-5-9-17-10-11-18-12-13-19-14-15-6-2-1-3-7-15/h1-3,6-7,16H,4-5,8-14H2. The summed E-state index contributed by atoms with van der Waals surface area (Å²) in [4.78, 5) is 0. The number of aliphatic hydroxyl groups excluding tert-OH is 1. The quantitative estimate of drug-likeness (QED) is 0.589. The number of hydrogen-bond acceptors (Lipinski definition) is 4. The van der Waals surface area contributed by atoms with Crippen LogP contribution in [-0.2, 0) is 20.8 Å². The van der Waals surface area contributed by atoms with Crippen LogP contribution in [0.4, 0.5) is 0 Å². The summed E-state index contributed by atoms with van der Waals surface area (Å²) in [5.74, 6) is 0. The van der Waals surface area contributed by atoms with Crippen molar-refractivity contribution < 1.29 is 19.3 Å². The fraction of sp³-hybridized carbons (Fsp3) is 0.600. The van der Waals surface area contributed by atoms with Gasteiger partial charge in [0.25, 0.3) is 0 Å². The zero-order valence-corrected chi connectivity index (χ0v) is 11.4. The highest BCUT2D eigenvalue weighted by Gasteiger charge is 1.93. The van der Waals surface area contributed by atoms with Gasteiger partial charge in [-0.05, 0) is 18.4 Å². The summed E-state index contributed by atoms with van der Waals surface area (Å²) in [6, 6.07) is 10.1. The molecule has 0 heterocycles. The Morgan fingerprint density at radius 1 is 0.737 bits per heavy atom. The van der Waals surface area contributed by atoms with Crippen molar-refractivity contribution in [2.45, 2.75) is 19.4 Å². The van der Waals surface area contributed by atoms with Gasteiger partial charge in [-0.25, -0.2) is 0 Å². The van der Waals surface area contributed by atoms with Crippen molar-refractivity contribution in [3.63, 3.8) is 0 Å². The summed E-state index contributed by atoms with van der Waals surface area (Å²) < 4.78 is 16.2. The lowest BCUT2D eigenvalue weighted by atomic mass is 10.2. The monoisotopic (exact) mass is 268 g/mol. The van der Waals surface area contributed by atoms with Crippen LogP contribution in [0.2, 0.25) is 0 Å². The van der Waals surface area contributed by atoms with E-state index in [1.807, 2.05) is 30.3 Å². The lowest BCUT2D eigenvalue weighted by Crippen LogP contribution is -2.10. The normalized spacial score (nSPS) is 10.8. The molecule has 1 aromatic rings. The summed E-state index contributed by atoms with van der Waals surface area (Å²) in [7, 11) is 0. The van der Waals surface area contributed by atoms with Crippen LogP contribution in [0.3, 0.4) is 0 Å². The molecule has 1 N–H and O–H groups in total.